The van der Waals surface area contributed by atoms with Gasteiger partial charge in [-0.15, -0.1) is 0 Å². The standard InChI is InChI=1S/C22H23N3O/c26-21(25-14-12-24(13-15-25)17-6-2-1-3-7-17)22(10-11-22)19-16-23-20-9-5-4-8-18(19)20/h1-9,16,23H,10-15H2. The van der Waals surface area contributed by atoms with Crippen LogP contribution in [0.5, 0.6) is 0 Å². The van der Waals surface area contributed by atoms with Gasteiger partial charge in [0.25, 0.3) is 0 Å². The summed E-state index contributed by atoms with van der Waals surface area (Å²) in [4.78, 5) is 21.2. The summed E-state index contributed by atoms with van der Waals surface area (Å²) in [5, 5.41) is 1.20. The Balaban J connectivity index is 1.34. The van der Waals surface area contributed by atoms with Gasteiger partial charge in [0, 0.05) is 49.0 Å². The molecule has 1 saturated carbocycles. The second-order valence-corrected chi connectivity index (χ2v) is 7.44. The van der Waals surface area contributed by atoms with Crippen LogP contribution in [0.15, 0.2) is 60.8 Å². The SMILES string of the molecule is O=C(N1CCN(c2ccccc2)CC1)C1(c2c[nH]c3ccccc23)CC1. The molecule has 2 aromatic carbocycles. The van der Waals surface area contributed by atoms with Crippen LogP contribution in [-0.4, -0.2) is 42.0 Å². The maximum absolute atomic E-state index is 13.4. The first-order valence-corrected chi connectivity index (χ1v) is 9.44. The van der Waals surface area contributed by atoms with Gasteiger partial charge in [0.15, 0.2) is 0 Å². The number of fused-ring (bicyclic) bond motifs is 1. The molecule has 1 amide bonds. The van der Waals surface area contributed by atoms with E-state index in [0.717, 1.165) is 44.5 Å². The minimum absolute atomic E-state index is 0.297. The summed E-state index contributed by atoms with van der Waals surface area (Å²) in [5.74, 6) is 0.315. The first kappa shape index (κ1) is 15.5. The van der Waals surface area contributed by atoms with E-state index in [1.54, 1.807) is 0 Å². The van der Waals surface area contributed by atoms with Crippen LogP contribution >= 0.6 is 0 Å². The zero-order chi connectivity index (χ0) is 17.6. The quantitative estimate of drug-likeness (QED) is 0.788. The van der Waals surface area contributed by atoms with Crippen molar-refractivity contribution in [3.8, 4) is 0 Å². The Kier molecular flexibility index (Phi) is 3.52. The van der Waals surface area contributed by atoms with E-state index in [9.17, 15) is 4.79 Å². The van der Waals surface area contributed by atoms with Crippen LogP contribution < -0.4 is 4.90 Å². The molecule has 4 heteroatoms. The Morgan fingerprint density at radius 1 is 0.885 bits per heavy atom. The predicted octanol–water partition coefficient (Wildman–Crippen LogP) is 3.55. The molecule has 5 rings (SSSR count). The van der Waals surface area contributed by atoms with Crippen LogP contribution in [-0.2, 0) is 10.2 Å². The van der Waals surface area contributed by atoms with Crippen molar-refractivity contribution in [1.82, 2.24) is 9.88 Å². The zero-order valence-corrected chi connectivity index (χ0v) is 14.8. The third-order valence-electron chi connectivity index (χ3n) is 5.95. The van der Waals surface area contributed by atoms with Crippen molar-refractivity contribution in [2.75, 3.05) is 31.1 Å². The fourth-order valence-corrected chi connectivity index (χ4v) is 4.30. The summed E-state index contributed by atoms with van der Waals surface area (Å²) in [5.41, 5.74) is 3.26. The number of carbonyl (C=O) groups is 1. The molecule has 2 heterocycles. The van der Waals surface area contributed by atoms with Gasteiger partial charge >= 0.3 is 0 Å². The number of nitrogens with one attached hydrogen (secondary N) is 1. The van der Waals surface area contributed by atoms with E-state index in [0.29, 0.717) is 5.91 Å². The number of benzene rings is 2. The van der Waals surface area contributed by atoms with Gasteiger partial charge in [0.05, 0.1) is 5.41 Å². The molecule has 1 saturated heterocycles. The molecular formula is C22H23N3O. The van der Waals surface area contributed by atoms with Gasteiger partial charge in [-0.3, -0.25) is 4.79 Å². The predicted molar refractivity (Wildman–Crippen MR) is 104 cm³/mol. The highest BCUT2D eigenvalue weighted by Gasteiger charge is 2.54. The van der Waals surface area contributed by atoms with Crippen LogP contribution in [0.3, 0.4) is 0 Å². The smallest absolute Gasteiger partial charge is 0.233 e. The number of nitrogens with zero attached hydrogens (tertiary/aromatic N) is 2. The van der Waals surface area contributed by atoms with E-state index in [1.165, 1.54) is 16.6 Å². The largest absolute Gasteiger partial charge is 0.368 e. The van der Waals surface area contributed by atoms with Gasteiger partial charge in [0.2, 0.25) is 5.91 Å². The molecule has 1 N–H and O–H groups in total. The third kappa shape index (κ3) is 2.40. The maximum atomic E-state index is 13.4. The van der Waals surface area contributed by atoms with E-state index in [4.69, 9.17) is 0 Å². The van der Waals surface area contributed by atoms with E-state index in [2.05, 4.69) is 63.4 Å². The number of hydrogen-bond acceptors (Lipinski definition) is 2. The summed E-state index contributed by atoms with van der Waals surface area (Å²) in [6.45, 7) is 3.41. The Hall–Kier alpha value is -2.75. The lowest BCUT2D eigenvalue weighted by atomic mass is 9.93. The Bertz CT molecular complexity index is 934. The number of amides is 1. The highest BCUT2D eigenvalue weighted by Crippen LogP contribution is 2.51. The average molecular weight is 345 g/mol. The molecule has 3 aromatic rings. The highest BCUT2D eigenvalue weighted by molar-refractivity contribution is 5.97. The van der Waals surface area contributed by atoms with Crippen LogP contribution in [0, 0.1) is 0 Å². The van der Waals surface area contributed by atoms with Gasteiger partial charge in [-0.2, -0.15) is 0 Å². The minimum atomic E-state index is -0.297. The molecule has 2 fully saturated rings. The van der Waals surface area contributed by atoms with Crippen molar-refractivity contribution in [3.63, 3.8) is 0 Å². The molecule has 0 atom stereocenters. The van der Waals surface area contributed by atoms with Crippen molar-refractivity contribution in [2.24, 2.45) is 0 Å². The lowest BCUT2D eigenvalue weighted by molar-refractivity contribution is -0.134. The maximum Gasteiger partial charge on any atom is 0.233 e. The normalized spacial score (nSPS) is 18.9. The van der Waals surface area contributed by atoms with Gasteiger partial charge in [-0.05, 0) is 36.6 Å². The van der Waals surface area contributed by atoms with Crippen LogP contribution in [0.25, 0.3) is 10.9 Å². The molecule has 1 aromatic heterocycles. The number of aromatic nitrogens is 1. The summed E-state index contributed by atoms with van der Waals surface area (Å²) in [6, 6.07) is 18.8. The number of carbonyl (C=O) groups excluding carboxylic acids is 1. The molecule has 1 aliphatic heterocycles. The molecule has 0 unspecified atom stereocenters. The average Bonchev–Trinajstić information content (AvgIpc) is 3.40. The van der Waals surface area contributed by atoms with Crippen molar-refractivity contribution in [1.29, 1.82) is 0 Å². The molecule has 0 bridgehead atoms. The molecule has 1 aliphatic carbocycles. The minimum Gasteiger partial charge on any atom is -0.368 e. The van der Waals surface area contributed by atoms with Gasteiger partial charge in [-0.25, -0.2) is 0 Å². The second kappa shape index (κ2) is 5.90. The molecule has 132 valence electrons. The summed E-state index contributed by atoms with van der Waals surface area (Å²) < 4.78 is 0. The first-order chi connectivity index (χ1) is 12.8. The summed E-state index contributed by atoms with van der Waals surface area (Å²) in [6.07, 6.45) is 3.98. The van der Waals surface area contributed by atoms with Crippen LogP contribution in [0.1, 0.15) is 18.4 Å². The fraction of sp³-hybridized carbons (Fsp3) is 0.318. The van der Waals surface area contributed by atoms with Crippen LogP contribution in [0.4, 0.5) is 5.69 Å². The molecular weight excluding hydrogens is 322 g/mol. The van der Waals surface area contributed by atoms with Gasteiger partial charge in [0.1, 0.15) is 0 Å². The van der Waals surface area contributed by atoms with Crippen LogP contribution in [0.2, 0.25) is 0 Å². The highest BCUT2D eigenvalue weighted by atomic mass is 16.2. The Labute approximate surface area is 153 Å². The zero-order valence-electron chi connectivity index (χ0n) is 14.8. The van der Waals surface area contributed by atoms with E-state index >= 15 is 0 Å². The Morgan fingerprint density at radius 2 is 1.58 bits per heavy atom. The number of rotatable bonds is 3. The van der Waals surface area contributed by atoms with Crippen molar-refractivity contribution in [3.05, 3.63) is 66.4 Å². The second-order valence-electron chi connectivity index (χ2n) is 7.44. The van der Waals surface area contributed by atoms with Crippen molar-refractivity contribution < 1.29 is 4.79 Å². The fourth-order valence-electron chi connectivity index (χ4n) is 4.30. The molecule has 0 spiro atoms. The number of aromatic amines is 1. The summed E-state index contributed by atoms with van der Waals surface area (Å²) in [7, 11) is 0. The van der Waals surface area contributed by atoms with E-state index in [-0.39, 0.29) is 5.41 Å². The Morgan fingerprint density at radius 3 is 2.31 bits per heavy atom. The third-order valence-corrected chi connectivity index (χ3v) is 5.95. The molecule has 0 radical (unpaired) electrons. The first-order valence-electron chi connectivity index (χ1n) is 9.44. The van der Waals surface area contributed by atoms with Crippen molar-refractivity contribution in [2.45, 2.75) is 18.3 Å². The number of piperazine rings is 1. The number of para-hydroxylation sites is 2. The lowest BCUT2D eigenvalue weighted by Gasteiger charge is -2.37. The summed E-state index contributed by atoms with van der Waals surface area (Å²) >= 11 is 0. The lowest BCUT2D eigenvalue weighted by Crippen LogP contribution is -2.51. The van der Waals surface area contributed by atoms with Gasteiger partial charge in [-0.1, -0.05) is 36.4 Å². The number of anilines is 1. The van der Waals surface area contributed by atoms with Gasteiger partial charge < -0.3 is 14.8 Å². The molecule has 4 nitrogen and oxygen atoms in total. The van der Waals surface area contributed by atoms with Crippen molar-refractivity contribution >= 4 is 22.5 Å². The topological polar surface area (TPSA) is 39.3 Å². The molecule has 26 heavy (non-hydrogen) atoms. The number of H-pyrrole nitrogens is 1. The monoisotopic (exact) mass is 345 g/mol. The van der Waals surface area contributed by atoms with E-state index in [1.807, 2.05) is 12.1 Å². The van der Waals surface area contributed by atoms with E-state index < -0.39 is 0 Å². The molecule has 2 aliphatic rings. The number of hydrogen-bond donors (Lipinski definition) is 1.